The molecule has 11 heavy (non-hydrogen) atoms. The van der Waals surface area contributed by atoms with E-state index in [2.05, 4.69) is 0 Å². The van der Waals surface area contributed by atoms with Gasteiger partial charge >= 0.3 is 0 Å². The summed E-state index contributed by atoms with van der Waals surface area (Å²) in [7, 11) is 0. The number of hydrogen-bond donors (Lipinski definition) is 2. The Hall–Kier alpha value is -0.340. The van der Waals surface area contributed by atoms with Crippen LogP contribution in [0.15, 0.2) is 12.2 Å². The van der Waals surface area contributed by atoms with Gasteiger partial charge in [0.15, 0.2) is 0 Å². The van der Waals surface area contributed by atoms with Crippen molar-refractivity contribution < 1.29 is 10.2 Å². The summed E-state index contributed by atoms with van der Waals surface area (Å²) in [6, 6.07) is 0. The molecule has 0 aliphatic carbocycles. The van der Waals surface area contributed by atoms with Gasteiger partial charge in [-0.05, 0) is 34.1 Å². The molecular weight excluding hydrogens is 140 g/mol. The van der Waals surface area contributed by atoms with Crippen LogP contribution >= 0.6 is 0 Å². The van der Waals surface area contributed by atoms with Crippen LogP contribution < -0.4 is 0 Å². The van der Waals surface area contributed by atoms with Gasteiger partial charge in [0.25, 0.3) is 0 Å². The Morgan fingerprint density at radius 3 is 1.82 bits per heavy atom. The molecule has 0 aliphatic rings. The zero-order chi connectivity index (χ0) is 9.12. The van der Waals surface area contributed by atoms with Crippen molar-refractivity contribution in [3.63, 3.8) is 0 Å². The van der Waals surface area contributed by atoms with Crippen molar-refractivity contribution >= 4 is 0 Å². The van der Waals surface area contributed by atoms with E-state index in [0.29, 0.717) is 6.42 Å². The molecule has 2 N–H and O–H groups in total. The highest BCUT2D eigenvalue weighted by molar-refractivity contribution is 4.97. The third-order valence-electron chi connectivity index (χ3n) is 1.14. The molecular formula is C9H18O2. The molecule has 2 nitrogen and oxygen atoms in total. The third-order valence-corrected chi connectivity index (χ3v) is 1.14. The lowest BCUT2D eigenvalue weighted by Gasteiger charge is -2.15. The molecule has 0 radical (unpaired) electrons. The maximum atomic E-state index is 9.28. The van der Waals surface area contributed by atoms with Crippen molar-refractivity contribution in [2.24, 2.45) is 0 Å². The van der Waals surface area contributed by atoms with E-state index in [4.69, 9.17) is 0 Å². The van der Waals surface area contributed by atoms with Crippen LogP contribution in [-0.4, -0.2) is 21.4 Å². The molecule has 0 aromatic carbocycles. The van der Waals surface area contributed by atoms with Crippen LogP contribution in [0.3, 0.4) is 0 Å². The summed E-state index contributed by atoms with van der Waals surface area (Å²) in [5.41, 5.74) is -1.45. The molecule has 66 valence electrons. The van der Waals surface area contributed by atoms with E-state index in [0.717, 1.165) is 0 Å². The summed E-state index contributed by atoms with van der Waals surface area (Å²) in [4.78, 5) is 0. The zero-order valence-corrected chi connectivity index (χ0v) is 7.76. The fraction of sp³-hybridized carbons (Fsp3) is 0.778. The van der Waals surface area contributed by atoms with E-state index < -0.39 is 11.2 Å². The first-order valence-corrected chi connectivity index (χ1v) is 3.83. The van der Waals surface area contributed by atoms with E-state index in [-0.39, 0.29) is 0 Å². The van der Waals surface area contributed by atoms with Gasteiger partial charge in [0, 0.05) is 0 Å². The molecule has 2 heteroatoms. The third kappa shape index (κ3) is 9.66. The molecule has 0 fully saturated rings. The van der Waals surface area contributed by atoms with E-state index in [1.54, 1.807) is 39.8 Å². The van der Waals surface area contributed by atoms with Crippen molar-refractivity contribution in [3.8, 4) is 0 Å². The largest absolute Gasteiger partial charge is 0.390 e. The lowest BCUT2D eigenvalue weighted by atomic mass is 10.0. The van der Waals surface area contributed by atoms with Gasteiger partial charge in [-0.2, -0.15) is 0 Å². The molecule has 0 unspecified atom stereocenters. The number of hydrogen-bond acceptors (Lipinski definition) is 2. The zero-order valence-electron chi connectivity index (χ0n) is 7.76. The van der Waals surface area contributed by atoms with E-state index in [1.165, 1.54) is 0 Å². The summed E-state index contributed by atoms with van der Waals surface area (Å²) in [5, 5.41) is 18.5. The number of aliphatic hydroxyl groups is 2. The second-order valence-corrected chi connectivity index (χ2v) is 4.07. The van der Waals surface area contributed by atoms with Crippen LogP contribution in [-0.2, 0) is 0 Å². The van der Waals surface area contributed by atoms with Crippen LogP contribution in [0, 0.1) is 0 Å². The van der Waals surface area contributed by atoms with Crippen molar-refractivity contribution in [2.45, 2.75) is 45.3 Å². The first-order valence-electron chi connectivity index (χ1n) is 3.83. The minimum atomic E-state index is -0.773. The molecule has 0 aromatic heterocycles. The van der Waals surface area contributed by atoms with Crippen molar-refractivity contribution in [2.75, 3.05) is 0 Å². The van der Waals surface area contributed by atoms with Crippen LogP contribution in [0.5, 0.6) is 0 Å². The molecule has 0 bridgehead atoms. The average molecular weight is 158 g/mol. The minimum Gasteiger partial charge on any atom is -0.390 e. The van der Waals surface area contributed by atoms with Gasteiger partial charge < -0.3 is 10.2 Å². The SMILES string of the molecule is CC(C)(O)/C=C/CC(C)(C)O. The first kappa shape index (κ1) is 10.7. The molecule has 0 saturated heterocycles. The first-order chi connectivity index (χ1) is 4.71. The Morgan fingerprint density at radius 2 is 1.55 bits per heavy atom. The smallest absolute Gasteiger partial charge is 0.0771 e. The predicted octanol–water partition coefficient (Wildman–Crippen LogP) is 1.47. The Bertz CT molecular complexity index is 135. The lowest BCUT2D eigenvalue weighted by Crippen LogP contribution is -2.18. The summed E-state index contributed by atoms with van der Waals surface area (Å²) in [6.07, 6.45) is 4.04. The fourth-order valence-electron chi connectivity index (χ4n) is 0.636. The topological polar surface area (TPSA) is 40.5 Å². The second kappa shape index (κ2) is 3.37. The normalized spacial score (nSPS) is 14.4. The van der Waals surface area contributed by atoms with Gasteiger partial charge in [0.2, 0.25) is 0 Å². The van der Waals surface area contributed by atoms with Crippen molar-refractivity contribution in [1.29, 1.82) is 0 Å². The Kier molecular flexibility index (Phi) is 3.27. The number of rotatable bonds is 3. The van der Waals surface area contributed by atoms with Crippen molar-refractivity contribution in [3.05, 3.63) is 12.2 Å². The summed E-state index contributed by atoms with van der Waals surface area (Å²) >= 11 is 0. The fourth-order valence-corrected chi connectivity index (χ4v) is 0.636. The van der Waals surface area contributed by atoms with Gasteiger partial charge in [-0.15, -0.1) is 0 Å². The van der Waals surface area contributed by atoms with Gasteiger partial charge in [-0.25, -0.2) is 0 Å². The van der Waals surface area contributed by atoms with Gasteiger partial charge in [-0.3, -0.25) is 0 Å². The molecule has 0 aromatic rings. The van der Waals surface area contributed by atoms with Gasteiger partial charge in [0.05, 0.1) is 11.2 Å². The minimum absolute atomic E-state index is 0.566. The standard InChI is InChI=1S/C9H18O2/c1-8(2,10)6-5-7-9(3,4)11/h5-6,10-11H,7H2,1-4H3/b6-5+. The Labute approximate surface area is 68.6 Å². The summed E-state index contributed by atoms with van der Waals surface area (Å²) < 4.78 is 0. The predicted molar refractivity (Wildman–Crippen MR) is 46.4 cm³/mol. The van der Waals surface area contributed by atoms with Crippen LogP contribution in [0.1, 0.15) is 34.1 Å². The lowest BCUT2D eigenvalue weighted by molar-refractivity contribution is 0.0827. The highest BCUT2D eigenvalue weighted by Gasteiger charge is 2.11. The molecule has 0 saturated carbocycles. The van der Waals surface area contributed by atoms with E-state index in [9.17, 15) is 10.2 Å². The monoisotopic (exact) mass is 158 g/mol. The highest BCUT2D eigenvalue weighted by atomic mass is 16.3. The highest BCUT2D eigenvalue weighted by Crippen LogP contribution is 2.10. The van der Waals surface area contributed by atoms with Crippen LogP contribution in [0.25, 0.3) is 0 Å². The molecule has 0 amide bonds. The van der Waals surface area contributed by atoms with Crippen LogP contribution in [0.4, 0.5) is 0 Å². The van der Waals surface area contributed by atoms with E-state index >= 15 is 0 Å². The van der Waals surface area contributed by atoms with Crippen LogP contribution in [0.2, 0.25) is 0 Å². The average Bonchev–Trinajstić information content (AvgIpc) is 1.55. The summed E-state index contributed by atoms with van der Waals surface area (Å²) in [5.74, 6) is 0. The molecule has 0 aliphatic heterocycles. The maximum Gasteiger partial charge on any atom is 0.0771 e. The van der Waals surface area contributed by atoms with Gasteiger partial charge in [-0.1, -0.05) is 12.2 Å². The Morgan fingerprint density at radius 1 is 1.09 bits per heavy atom. The quantitative estimate of drug-likeness (QED) is 0.611. The van der Waals surface area contributed by atoms with Crippen molar-refractivity contribution in [1.82, 2.24) is 0 Å². The summed E-state index contributed by atoms with van der Waals surface area (Å²) in [6.45, 7) is 6.88. The second-order valence-electron chi connectivity index (χ2n) is 4.07. The van der Waals surface area contributed by atoms with E-state index in [1.807, 2.05) is 0 Å². The molecule has 0 spiro atoms. The molecule has 0 atom stereocenters. The molecule has 0 rings (SSSR count). The Balaban J connectivity index is 3.80. The van der Waals surface area contributed by atoms with Gasteiger partial charge in [0.1, 0.15) is 0 Å². The molecule has 0 heterocycles. The maximum absolute atomic E-state index is 9.28.